The Morgan fingerprint density at radius 1 is 1.09 bits per heavy atom. The Morgan fingerprint density at radius 2 is 1.77 bits per heavy atom. The lowest BCUT2D eigenvalue weighted by Crippen LogP contribution is -2.50. The molecule has 1 aromatic rings. The van der Waals surface area contributed by atoms with Crippen LogP contribution in [0.1, 0.15) is 31.2 Å². The standard InChI is InChI=1S/C17H20BrNO3/c18-14-3-1-2-13(12-14)16(4-5-16)15(20)19-8-6-17(7-9-19)21-10-11-22-17/h1-3,12H,4-11H2. The normalized spacial score (nSPS) is 25.4. The molecule has 3 fully saturated rings. The Balaban J connectivity index is 1.48. The van der Waals surface area contributed by atoms with E-state index in [1.165, 1.54) is 0 Å². The van der Waals surface area contributed by atoms with Crippen LogP contribution in [0.2, 0.25) is 0 Å². The van der Waals surface area contributed by atoms with Crippen molar-refractivity contribution >= 4 is 21.8 Å². The number of piperidine rings is 1. The summed E-state index contributed by atoms with van der Waals surface area (Å²) < 4.78 is 12.5. The van der Waals surface area contributed by atoms with Gasteiger partial charge in [0.1, 0.15) is 0 Å². The second-order valence-corrected chi connectivity index (χ2v) is 7.41. The Labute approximate surface area is 138 Å². The molecule has 0 radical (unpaired) electrons. The van der Waals surface area contributed by atoms with Gasteiger partial charge in [-0.05, 0) is 30.5 Å². The minimum Gasteiger partial charge on any atom is -0.347 e. The van der Waals surface area contributed by atoms with Gasteiger partial charge in [0.05, 0.1) is 18.6 Å². The summed E-state index contributed by atoms with van der Waals surface area (Å²) in [6.45, 7) is 2.81. The number of halogens is 1. The predicted molar refractivity (Wildman–Crippen MR) is 85.5 cm³/mol. The van der Waals surface area contributed by atoms with Crippen LogP contribution in [0.4, 0.5) is 0 Å². The number of carbonyl (C=O) groups is 1. The molecule has 1 aromatic carbocycles. The molecule has 1 aliphatic carbocycles. The summed E-state index contributed by atoms with van der Waals surface area (Å²) in [4.78, 5) is 15.0. The minimum absolute atomic E-state index is 0.276. The number of rotatable bonds is 2. The van der Waals surface area contributed by atoms with E-state index in [2.05, 4.69) is 28.1 Å². The van der Waals surface area contributed by atoms with Crippen molar-refractivity contribution in [1.82, 2.24) is 4.90 Å². The number of nitrogens with zero attached hydrogens (tertiary/aromatic N) is 1. The highest BCUT2D eigenvalue weighted by Gasteiger charge is 2.54. The predicted octanol–water partition coefficient (Wildman–Crippen LogP) is 2.85. The maximum absolute atomic E-state index is 13.0. The summed E-state index contributed by atoms with van der Waals surface area (Å²) in [6, 6.07) is 8.17. The minimum atomic E-state index is -0.413. The lowest BCUT2D eigenvalue weighted by Gasteiger charge is -2.39. The highest BCUT2D eigenvalue weighted by Crippen LogP contribution is 2.50. The zero-order chi connectivity index (χ0) is 15.2. The molecule has 0 atom stereocenters. The summed E-state index contributed by atoms with van der Waals surface area (Å²) in [5, 5.41) is 0. The monoisotopic (exact) mass is 365 g/mol. The largest absolute Gasteiger partial charge is 0.347 e. The van der Waals surface area contributed by atoms with Gasteiger partial charge in [-0.3, -0.25) is 4.79 Å². The molecule has 0 unspecified atom stereocenters. The number of carbonyl (C=O) groups excluding carboxylic acids is 1. The van der Waals surface area contributed by atoms with Crippen molar-refractivity contribution in [3.63, 3.8) is 0 Å². The molecule has 2 aliphatic heterocycles. The number of likely N-dealkylation sites (tertiary alicyclic amines) is 1. The molecule has 1 saturated carbocycles. The molecule has 0 N–H and O–H groups in total. The van der Waals surface area contributed by atoms with E-state index in [1.54, 1.807) is 0 Å². The van der Waals surface area contributed by atoms with E-state index in [4.69, 9.17) is 9.47 Å². The van der Waals surface area contributed by atoms with Gasteiger partial charge in [-0.1, -0.05) is 28.1 Å². The van der Waals surface area contributed by atoms with E-state index >= 15 is 0 Å². The molecule has 1 amide bonds. The zero-order valence-corrected chi connectivity index (χ0v) is 14.1. The van der Waals surface area contributed by atoms with Crippen molar-refractivity contribution in [2.75, 3.05) is 26.3 Å². The smallest absolute Gasteiger partial charge is 0.233 e. The molecule has 0 bridgehead atoms. The average molecular weight is 366 g/mol. The van der Waals surface area contributed by atoms with Crippen LogP contribution in [0.5, 0.6) is 0 Å². The second kappa shape index (κ2) is 5.32. The quantitative estimate of drug-likeness (QED) is 0.808. The van der Waals surface area contributed by atoms with E-state index < -0.39 is 5.79 Å². The average Bonchev–Trinajstić information content (AvgIpc) is 3.24. The van der Waals surface area contributed by atoms with Gasteiger partial charge in [0.25, 0.3) is 0 Å². The number of benzene rings is 1. The van der Waals surface area contributed by atoms with E-state index in [0.29, 0.717) is 13.2 Å². The van der Waals surface area contributed by atoms with Gasteiger partial charge in [-0.2, -0.15) is 0 Å². The van der Waals surface area contributed by atoms with Crippen molar-refractivity contribution < 1.29 is 14.3 Å². The summed E-state index contributed by atoms with van der Waals surface area (Å²) in [5.74, 6) is -0.137. The summed E-state index contributed by atoms with van der Waals surface area (Å²) in [5.41, 5.74) is 0.853. The first-order chi connectivity index (χ1) is 10.6. The lowest BCUT2D eigenvalue weighted by atomic mass is 9.92. The molecular weight excluding hydrogens is 346 g/mol. The maximum atomic E-state index is 13.0. The topological polar surface area (TPSA) is 38.8 Å². The zero-order valence-electron chi connectivity index (χ0n) is 12.5. The van der Waals surface area contributed by atoms with Crippen molar-refractivity contribution in [2.24, 2.45) is 0 Å². The lowest BCUT2D eigenvalue weighted by molar-refractivity contribution is -0.188. The molecule has 0 aromatic heterocycles. The van der Waals surface area contributed by atoms with Crippen molar-refractivity contribution in [3.8, 4) is 0 Å². The molecule has 22 heavy (non-hydrogen) atoms. The molecule has 118 valence electrons. The third-order valence-corrected chi connectivity index (χ3v) is 5.66. The van der Waals surface area contributed by atoms with Crippen LogP contribution in [0.15, 0.2) is 28.7 Å². The number of hydrogen-bond acceptors (Lipinski definition) is 3. The Bertz CT molecular complexity index is 583. The first-order valence-corrected chi connectivity index (χ1v) is 8.76. The highest BCUT2D eigenvalue weighted by molar-refractivity contribution is 9.10. The Kier molecular flexibility index (Phi) is 3.55. The number of ether oxygens (including phenoxy) is 2. The Morgan fingerprint density at radius 3 is 2.36 bits per heavy atom. The van der Waals surface area contributed by atoms with Gasteiger partial charge < -0.3 is 14.4 Å². The highest BCUT2D eigenvalue weighted by atomic mass is 79.9. The summed E-state index contributed by atoms with van der Waals surface area (Å²) >= 11 is 3.51. The first-order valence-electron chi connectivity index (χ1n) is 7.97. The molecule has 2 saturated heterocycles. The van der Waals surface area contributed by atoms with Gasteiger partial charge in [-0.15, -0.1) is 0 Å². The molecule has 5 heteroatoms. The molecular formula is C17H20BrNO3. The van der Waals surface area contributed by atoms with Crippen LogP contribution in [-0.2, 0) is 19.7 Å². The molecule has 4 rings (SSSR count). The maximum Gasteiger partial charge on any atom is 0.233 e. The fraction of sp³-hybridized carbons (Fsp3) is 0.588. The third kappa shape index (κ3) is 2.39. The van der Waals surface area contributed by atoms with E-state index in [0.717, 1.165) is 48.8 Å². The molecule has 2 heterocycles. The molecule has 1 spiro atoms. The first kappa shape index (κ1) is 14.7. The van der Waals surface area contributed by atoms with Crippen LogP contribution in [0, 0.1) is 0 Å². The second-order valence-electron chi connectivity index (χ2n) is 6.49. The van der Waals surface area contributed by atoms with E-state index in [9.17, 15) is 4.79 Å². The number of hydrogen-bond donors (Lipinski definition) is 0. The summed E-state index contributed by atoms with van der Waals surface area (Å²) in [7, 11) is 0. The fourth-order valence-corrected chi connectivity index (χ4v) is 4.08. The van der Waals surface area contributed by atoms with Crippen LogP contribution >= 0.6 is 15.9 Å². The van der Waals surface area contributed by atoms with Crippen LogP contribution in [0.25, 0.3) is 0 Å². The third-order valence-electron chi connectivity index (χ3n) is 5.16. The van der Waals surface area contributed by atoms with Crippen molar-refractivity contribution in [3.05, 3.63) is 34.3 Å². The summed E-state index contributed by atoms with van der Waals surface area (Å²) in [6.07, 6.45) is 3.48. The van der Waals surface area contributed by atoms with Crippen molar-refractivity contribution in [1.29, 1.82) is 0 Å². The van der Waals surface area contributed by atoms with E-state index in [1.807, 2.05) is 17.0 Å². The van der Waals surface area contributed by atoms with Gasteiger partial charge in [-0.25, -0.2) is 0 Å². The van der Waals surface area contributed by atoms with Gasteiger partial charge in [0.2, 0.25) is 5.91 Å². The van der Waals surface area contributed by atoms with Gasteiger partial charge in [0.15, 0.2) is 5.79 Å². The fourth-order valence-electron chi connectivity index (χ4n) is 3.68. The van der Waals surface area contributed by atoms with Crippen LogP contribution in [0.3, 0.4) is 0 Å². The van der Waals surface area contributed by atoms with Crippen LogP contribution in [-0.4, -0.2) is 42.9 Å². The van der Waals surface area contributed by atoms with Gasteiger partial charge in [0, 0.05) is 30.4 Å². The van der Waals surface area contributed by atoms with Crippen LogP contribution < -0.4 is 0 Å². The molecule has 4 nitrogen and oxygen atoms in total. The Hall–Kier alpha value is -0.910. The molecule has 3 aliphatic rings. The van der Waals surface area contributed by atoms with Gasteiger partial charge >= 0.3 is 0 Å². The SMILES string of the molecule is O=C(N1CCC2(CC1)OCCO2)C1(c2cccc(Br)c2)CC1. The number of amides is 1. The van der Waals surface area contributed by atoms with E-state index in [-0.39, 0.29) is 11.3 Å². The van der Waals surface area contributed by atoms with Crippen molar-refractivity contribution in [2.45, 2.75) is 36.9 Å².